The first-order valence-corrected chi connectivity index (χ1v) is 5.80. The number of carbonyl (C=O) groups excluding carboxylic acids is 1. The van der Waals surface area contributed by atoms with E-state index in [0.29, 0.717) is 14.9 Å². The van der Waals surface area contributed by atoms with Crippen LogP contribution in [-0.4, -0.2) is 30.0 Å². The Morgan fingerprint density at radius 3 is 2.21 bits per heavy atom. The van der Waals surface area contributed by atoms with E-state index in [1.54, 1.807) is 18.2 Å². The van der Waals surface area contributed by atoms with Gasteiger partial charge in [-0.1, -0.05) is 34.1 Å². The molecule has 8 heteroatoms. The van der Waals surface area contributed by atoms with E-state index >= 15 is 0 Å². The zero-order chi connectivity index (χ0) is 14.8. The van der Waals surface area contributed by atoms with Gasteiger partial charge in [0.05, 0.1) is 0 Å². The van der Waals surface area contributed by atoms with Crippen LogP contribution in [-0.2, 0) is 11.3 Å². The van der Waals surface area contributed by atoms with Crippen LogP contribution in [0.1, 0.15) is 5.56 Å². The Labute approximate surface area is 114 Å². The average molecular weight is 346 g/mol. The number of carbonyl (C=O) groups is 1. The van der Waals surface area contributed by atoms with Crippen LogP contribution in [0.3, 0.4) is 0 Å². The SMILES string of the molecule is CN(Cc1ccccc1Br)C(=O)C(F)(F)C(F)(F)F. The largest absolute Gasteiger partial charge is 0.463 e. The van der Waals surface area contributed by atoms with E-state index in [9.17, 15) is 26.7 Å². The Kier molecular flexibility index (Phi) is 4.54. The minimum atomic E-state index is -5.90. The summed E-state index contributed by atoms with van der Waals surface area (Å²) in [4.78, 5) is 11.5. The Hall–Kier alpha value is -1.18. The molecule has 0 fully saturated rings. The number of benzene rings is 1. The highest BCUT2D eigenvalue weighted by Gasteiger charge is 2.64. The summed E-state index contributed by atoms with van der Waals surface area (Å²) in [7, 11) is 0.890. The van der Waals surface area contributed by atoms with Crippen LogP contribution in [0.25, 0.3) is 0 Å². The molecule has 106 valence electrons. The molecule has 1 aromatic carbocycles. The third-order valence-electron chi connectivity index (χ3n) is 2.34. The molecule has 0 aliphatic heterocycles. The molecule has 0 aliphatic carbocycles. The fraction of sp³-hybridized carbons (Fsp3) is 0.364. The standard InChI is InChI=1S/C11H9BrF5NO/c1-18(6-7-4-2-3-5-8(7)12)9(19)10(13,14)11(15,16)17/h2-5H,6H2,1H3. The minimum Gasteiger partial charge on any atom is -0.336 e. The fourth-order valence-electron chi connectivity index (χ4n) is 1.31. The fourth-order valence-corrected chi connectivity index (χ4v) is 1.73. The molecular weight excluding hydrogens is 337 g/mol. The van der Waals surface area contributed by atoms with E-state index in [-0.39, 0.29) is 6.54 Å². The summed E-state index contributed by atoms with van der Waals surface area (Å²) in [6.07, 6.45) is -5.90. The van der Waals surface area contributed by atoms with Gasteiger partial charge in [-0.25, -0.2) is 0 Å². The van der Waals surface area contributed by atoms with Crippen molar-refractivity contribution in [1.82, 2.24) is 4.90 Å². The second-order valence-electron chi connectivity index (χ2n) is 3.82. The van der Waals surface area contributed by atoms with Gasteiger partial charge in [0.2, 0.25) is 0 Å². The van der Waals surface area contributed by atoms with Crippen LogP contribution in [0, 0.1) is 0 Å². The van der Waals surface area contributed by atoms with Gasteiger partial charge in [-0.05, 0) is 11.6 Å². The summed E-state index contributed by atoms with van der Waals surface area (Å²) in [6, 6.07) is 6.34. The number of nitrogens with zero attached hydrogens (tertiary/aromatic N) is 1. The van der Waals surface area contributed by atoms with E-state index in [0.717, 1.165) is 7.05 Å². The molecule has 0 unspecified atom stereocenters. The molecule has 0 saturated carbocycles. The van der Waals surface area contributed by atoms with Gasteiger partial charge < -0.3 is 4.90 Å². The molecule has 0 saturated heterocycles. The molecular formula is C11H9BrF5NO. The van der Waals surface area contributed by atoms with Gasteiger partial charge in [-0.15, -0.1) is 0 Å². The first-order chi connectivity index (χ1) is 8.57. The van der Waals surface area contributed by atoms with Crippen LogP contribution in [0.5, 0.6) is 0 Å². The highest BCUT2D eigenvalue weighted by molar-refractivity contribution is 9.10. The molecule has 0 aliphatic rings. The molecule has 0 N–H and O–H groups in total. The molecule has 1 rings (SSSR count). The van der Waals surface area contributed by atoms with Crippen LogP contribution in [0.2, 0.25) is 0 Å². The van der Waals surface area contributed by atoms with Crippen molar-refractivity contribution in [3.8, 4) is 0 Å². The summed E-state index contributed by atoms with van der Waals surface area (Å²) < 4.78 is 62.4. The van der Waals surface area contributed by atoms with E-state index in [1.165, 1.54) is 6.07 Å². The van der Waals surface area contributed by atoms with Gasteiger partial charge in [-0.3, -0.25) is 4.79 Å². The molecule has 0 spiro atoms. The summed E-state index contributed by atoms with van der Waals surface area (Å²) >= 11 is 3.12. The number of hydrogen-bond acceptors (Lipinski definition) is 1. The summed E-state index contributed by atoms with van der Waals surface area (Å²) in [5, 5.41) is 0. The van der Waals surface area contributed by atoms with Crippen LogP contribution in [0.15, 0.2) is 28.7 Å². The van der Waals surface area contributed by atoms with Crippen molar-refractivity contribution in [2.24, 2.45) is 0 Å². The lowest BCUT2D eigenvalue weighted by atomic mass is 10.2. The van der Waals surface area contributed by atoms with Gasteiger partial charge in [-0.2, -0.15) is 22.0 Å². The average Bonchev–Trinajstić information content (AvgIpc) is 2.29. The van der Waals surface area contributed by atoms with Gasteiger partial charge >= 0.3 is 18.0 Å². The lowest BCUT2D eigenvalue weighted by Gasteiger charge is -2.25. The molecule has 1 aromatic rings. The van der Waals surface area contributed by atoms with Gasteiger partial charge in [0, 0.05) is 18.1 Å². The molecule has 2 nitrogen and oxygen atoms in total. The Balaban J connectivity index is 2.88. The summed E-state index contributed by atoms with van der Waals surface area (Å²) in [6.45, 7) is -0.355. The van der Waals surface area contributed by atoms with E-state index < -0.39 is 18.0 Å². The number of halogens is 6. The lowest BCUT2D eigenvalue weighted by molar-refractivity contribution is -0.274. The Bertz CT molecular complexity index is 474. The van der Waals surface area contributed by atoms with Gasteiger partial charge in [0.25, 0.3) is 0 Å². The molecule has 1 amide bonds. The molecule has 19 heavy (non-hydrogen) atoms. The van der Waals surface area contributed by atoms with Crippen molar-refractivity contribution in [2.75, 3.05) is 7.05 Å². The lowest BCUT2D eigenvalue weighted by Crippen LogP contribution is -2.50. The summed E-state index contributed by atoms with van der Waals surface area (Å²) in [5.41, 5.74) is 0.427. The van der Waals surface area contributed by atoms with Crippen molar-refractivity contribution >= 4 is 21.8 Å². The topological polar surface area (TPSA) is 20.3 Å². The van der Waals surface area contributed by atoms with Crippen molar-refractivity contribution in [3.63, 3.8) is 0 Å². The van der Waals surface area contributed by atoms with Crippen LogP contribution >= 0.6 is 15.9 Å². The maximum absolute atomic E-state index is 12.8. The number of amides is 1. The molecule has 0 bridgehead atoms. The Morgan fingerprint density at radius 2 is 1.74 bits per heavy atom. The van der Waals surface area contributed by atoms with E-state index in [4.69, 9.17) is 0 Å². The molecule has 0 atom stereocenters. The monoisotopic (exact) mass is 345 g/mol. The maximum atomic E-state index is 12.8. The molecule has 0 radical (unpaired) electrons. The zero-order valence-electron chi connectivity index (χ0n) is 9.64. The number of hydrogen-bond donors (Lipinski definition) is 0. The van der Waals surface area contributed by atoms with E-state index in [2.05, 4.69) is 15.9 Å². The molecule has 0 heterocycles. The van der Waals surface area contributed by atoms with Crippen molar-refractivity contribution < 1.29 is 26.7 Å². The smallest absolute Gasteiger partial charge is 0.336 e. The zero-order valence-corrected chi connectivity index (χ0v) is 11.2. The maximum Gasteiger partial charge on any atom is 0.463 e. The second kappa shape index (κ2) is 5.44. The van der Waals surface area contributed by atoms with Crippen molar-refractivity contribution in [2.45, 2.75) is 18.6 Å². The minimum absolute atomic E-state index is 0.341. The first-order valence-electron chi connectivity index (χ1n) is 5.01. The second-order valence-corrected chi connectivity index (χ2v) is 4.68. The highest BCUT2D eigenvalue weighted by atomic mass is 79.9. The van der Waals surface area contributed by atoms with Gasteiger partial charge in [0.1, 0.15) is 0 Å². The summed E-state index contributed by atoms with van der Waals surface area (Å²) in [5.74, 6) is -7.67. The quantitative estimate of drug-likeness (QED) is 0.766. The Morgan fingerprint density at radius 1 is 1.21 bits per heavy atom. The normalized spacial score (nSPS) is 12.4. The first kappa shape index (κ1) is 15.9. The van der Waals surface area contributed by atoms with Crippen LogP contribution < -0.4 is 0 Å². The third-order valence-corrected chi connectivity index (χ3v) is 3.11. The third kappa shape index (κ3) is 3.43. The van der Waals surface area contributed by atoms with Crippen LogP contribution in [0.4, 0.5) is 22.0 Å². The number of rotatable bonds is 3. The predicted molar refractivity (Wildman–Crippen MR) is 61.6 cm³/mol. The number of alkyl halides is 5. The van der Waals surface area contributed by atoms with E-state index in [1.807, 2.05) is 0 Å². The van der Waals surface area contributed by atoms with Crippen molar-refractivity contribution in [3.05, 3.63) is 34.3 Å². The molecule has 0 aromatic heterocycles. The van der Waals surface area contributed by atoms with Gasteiger partial charge in [0.15, 0.2) is 0 Å². The highest BCUT2D eigenvalue weighted by Crippen LogP contribution is 2.37. The predicted octanol–water partition coefficient (Wildman–Crippen LogP) is 3.61. The van der Waals surface area contributed by atoms with Crippen molar-refractivity contribution in [1.29, 1.82) is 0 Å².